The Kier molecular flexibility index (Phi) is 8.56. The molecule has 0 aromatic rings. The van der Waals surface area contributed by atoms with E-state index in [2.05, 4.69) is 32.6 Å². The highest BCUT2D eigenvalue weighted by atomic mass is 31.2. The lowest BCUT2D eigenvalue weighted by atomic mass is 10.1. The summed E-state index contributed by atoms with van der Waals surface area (Å²) < 4.78 is 1.37. The van der Waals surface area contributed by atoms with E-state index < -0.39 is 16.6 Å². The molecule has 2 atom stereocenters. The lowest BCUT2D eigenvalue weighted by Crippen LogP contribution is -2.53. The minimum absolute atomic E-state index is 0.0689. The molecule has 2 unspecified atom stereocenters. The number of nitriles is 1. The van der Waals surface area contributed by atoms with E-state index in [1.54, 1.807) is 0 Å². The fourth-order valence-corrected chi connectivity index (χ4v) is 4.74. The molecule has 124 valence electrons. The van der Waals surface area contributed by atoms with E-state index in [0.717, 1.165) is 0 Å². The van der Waals surface area contributed by atoms with Crippen LogP contribution < -0.4 is 9.79 Å². The van der Waals surface area contributed by atoms with Gasteiger partial charge in [0.25, 0.3) is 0 Å². The van der Waals surface area contributed by atoms with Crippen molar-refractivity contribution in [3.8, 4) is 6.07 Å². The van der Waals surface area contributed by atoms with Crippen molar-refractivity contribution < 1.29 is 9.79 Å². The summed E-state index contributed by atoms with van der Waals surface area (Å²) >= 11 is 0. The van der Waals surface area contributed by atoms with Gasteiger partial charge in [-0.2, -0.15) is 5.26 Å². The molecular weight excluding hydrogens is 301 g/mol. The molecule has 5 nitrogen and oxygen atoms in total. The SMILES string of the molecule is CC(C)N(C(C)C)N(CC(C#N)C(C)[Si](C)(C)C)P([O-])[O-]. The van der Waals surface area contributed by atoms with E-state index in [9.17, 15) is 15.0 Å². The third kappa shape index (κ3) is 6.31. The van der Waals surface area contributed by atoms with E-state index in [1.807, 2.05) is 32.7 Å². The summed E-state index contributed by atoms with van der Waals surface area (Å²) in [6.45, 7) is 16.8. The maximum atomic E-state index is 11.7. The van der Waals surface area contributed by atoms with Crippen molar-refractivity contribution in [2.75, 3.05) is 6.54 Å². The first-order chi connectivity index (χ1) is 9.43. The van der Waals surface area contributed by atoms with Crippen LogP contribution in [0.1, 0.15) is 34.6 Å². The fraction of sp³-hybridized carbons (Fsp3) is 0.929. The average Bonchev–Trinajstić information content (AvgIpc) is 2.30. The third-order valence-corrected chi connectivity index (χ3v) is 7.89. The predicted molar refractivity (Wildman–Crippen MR) is 87.6 cm³/mol. The Balaban J connectivity index is 5.28. The van der Waals surface area contributed by atoms with Gasteiger partial charge in [-0.1, -0.05) is 26.6 Å². The Morgan fingerprint density at radius 1 is 1.05 bits per heavy atom. The lowest BCUT2D eigenvalue weighted by Gasteiger charge is -2.53. The van der Waals surface area contributed by atoms with Crippen LogP contribution in [0.25, 0.3) is 0 Å². The van der Waals surface area contributed by atoms with Gasteiger partial charge in [0, 0.05) is 26.7 Å². The van der Waals surface area contributed by atoms with Crippen molar-refractivity contribution in [1.82, 2.24) is 9.79 Å². The Bertz CT molecular complexity index is 345. The van der Waals surface area contributed by atoms with Gasteiger partial charge in [0.15, 0.2) is 0 Å². The zero-order valence-corrected chi connectivity index (χ0v) is 16.5. The van der Waals surface area contributed by atoms with Crippen LogP contribution in [0.5, 0.6) is 0 Å². The van der Waals surface area contributed by atoms with Crippen molar-refractivity contribution in [3.05, 3.63) is 0 Å². The van der Waals surface area contributed by atoms with Gasteiger partial charge < -0.3 is 9.79 Å². The van der Waals surface area contributed by atoms with Gasteiger partial charge in [-0.15, -0.1) is 0 Å². The summed E-state index contributed by atoms with van der Waals surface area (Å²) in [6.07, 6.45) is 0. The van der Waals surface area contributed by atoms with Crippen LogP contribution in [0.3, 0.4) is 0 Å². The van der Waals surface area contributed by atoms with Crippen LogP contribution in [0.15, 0.2) is 0 Å². The van der Waals surface area contributed by atoms with E-state index in [1.165, 1.54) is 4.78 Å². The molecule has 0 fully saturated rings. The molecule has 0 bridgehead atoms. The molecule has 0 saturated heterocycles. The van der Waals surface area contributed by atoms with Crippen molar-refractivity contribution in [2.45, 2.75) is 71.9 Å². The minimum Gasteiger partial charge on any atom is -0.829 e. The molecule has 0 spiro atoms. The van der Waals surface area contributed by atoms with E-state index in [0.29, 0.717) is 0 Å². The van der Waals surface area contributed by atoms with Gasteiger partial charge in [0.1, 0.15) is 0 Å². The van der Waals surface area contributed by atoms with Crippen LogP contribution in [-0.2, 0) is 0 Å². The Morgan fingerprint density at radius 2 is 1.48 bits per heavy atom. The van der Waals surface area contributed by atoms with Crippen LogP contribution in [0.2, 0.25) is 25.2 Å². The third-order valence-electron chi connectivity index (χ3n) is 4.01. The summed E-state index contributed by atoms with van der Waals surface area (Å²) in [6, 6.07) is 2.46. The smallest absolute Gasteiger partial charge is 0.0669 e. The highest BCUT2D eigenvalue weighted by Gasteiger charge is 2.32. The Morgan fingerprint density at radius 3 is 1.71 bits per heavy atom. The summed E-state index contributed by atoms with van der Waals surface area (Å²) in [4.78, 5) is 23.4. The summed E-state index contributed by atoms with van der Waals surface area (Å²) in [5.74, 6) is -0.274. The topological polar surface area (TPSA) is 76.4 Å². The average molecular weight is 331 g/mol. The number of nitrogens with zero attached hydrogens (tertiary/aromatic N) is 3. The maximum absolute atomic E-state index is 11.7. The van der Waals surface area contributed by atoms with Crippen LogP contribution >= 0.6 is 8.53 Å². The van der Waals surface area contributed by atoms with Gasteiger partial charge in [-0.25, -0.2) is 18.3 Å². The van der Waals surface area contributed by atoms with E-state index in [4.69, 9.17) is 0 Å². The summed E-state index contributed by atoms with van der Waals surface area (Å²) in [5.41, 5.74) is 0.237. The first-order valence-corrected chi connectivity index (χ1v) is 12.2. The molecule has 0 amide bonds. The van der Waals surface area contributed by atoms with E-state index in [-0.39, 0.29) is 30.1 Å². The summed E-state index contributed by atoms with van der Waals surface area (Å²) in [5, 5.41) is 11.3. The maximum Gasteiger partial charge on any atom is 0.0669 e. The van der Waals surface area contributed by atoms with Gasteiger partial charge in [0.2, 0.25) is 0 Å². The molecule has 0 saturated carbocycles. The predicted octanol–water partition coefficient (Wildman–Crippen LogP) is 2.14. The minimum atomic E-state index is -2.74. The number of hydrazine groups is 1. The molecular formula is C14H30N3O2PSi-2. The van der Waals surface area contributed by atoms with Crippen LogP contribution in [-0.4, -0.2) is 36.5 Å². The van der Waals surface area contributed by atoms with Crippen LogP contribution in [0.4, 0.5) is 0 Å². The molecule has 0 aliphatic rings. The molecule has 0 heterocycles. The Labute approximate surface area is 132 Å². The zero-order chi connectivity index (χ0) is 17.0. The normalized spacial score (nSPS) is 16.1. The highest BCUT2D eigenvalue weighted by Crippen LogP contribution is 2.34. The second-order valence-corrected chi connectivity index (χ2v) is 13.8. The lowest BCUT2D eigenvalue weighted by molar-refractivity contribution is -0.319. The quantitative estimate of drug-likeness (QED) is 0.387. The van der Waals surface area contributed by atoms with Gasteiger partial charge >= 0.3 is 0 Å². The second-order valence-electron chi connectivity index (χ2n) is 7.25. The van der Waals surface area contributed by atoms with Crippen molar-refractivity contribution in [2.24, 2.45) is 5.92 Å². The van der Waals surface area contributed by atoms with Crippen molar-refractivity contribution in [1.29, 1.82) is 5.26 Å². The standard InChI is InChI=1S/C14H30N3O2PSi/c1-11(2)17(12(3)4)16(20(18)19)10-14(9-15)13(5)21(6,7)8/h11-14H,10H2,1-8H3/q-2. The molecule has 0 aliphatic heterocycles. The van der Waals surface area contributed by atoms with Gasteiger partial charge in [-0.05, 0) is 33.2 Å². The van der Waals surface area contributed by atoms with Gasteiger partial charge in [0.05, 0.1) is 12.0 Å². The van der Waals surface area contributed by atoms with Crippen LogP contribution in [0, 0.1) is 17.2 Å². The number of hydrogen-bond acceptors (Lipinski definition) is 5. The molecule has 7 heteroatoms. The first-order valence-electron chi connectivity index (χ1n) is 7.53. The molecule has 0 rings (SSSR count). The van der Waals surface area contributed by atoms with Crippen molar-refractivity contribution in [3.63, 3.8) is 0 Å². The zero-order valence-electron chi connectivity index (χ0n) is 14.6. The molecule has 0 N–H and O–H groups in total. The molecule has 0 aromatic heterocycles. The molecule has 0 radical (unpaired) electrons. The summed E-state index contributed by atoms with van der Waals surface area (Å²) in [7, 11) is -4.24. The van der Waals surface area contributed by atoms with Crippen molar-refractivity contribution >= 4 is 16.6 Å². The van der Waals surface area contributed by atoms with E-state index >= 15 is 0 Å². The molecule has 21 heavy (non-hydrogen) atoms. The fourth-order valence-electron chi connectivity index (χ4n) is 2.46. The monoisotopic (exact) mass is 331 g/mol. The largest absolute Gasteiger partial charge is 0.829 e. The number of hydrogen-bond donors (Lipinski definition) is 0. The molecule has 0 aliphatic carbocycles. The number of rotatable bonds is 8. The highest BCUT2D eigenvalue weighted by molar-refractivity contribution is 7.39. The Hall–Kier alpha value is -0.0231. The first kappa shape index (κ1) is 21.0. The van der Waals surface area contributed by atoms with Gasteiger partial charge in [-0.3, -0.25) is 0 Å². The molecule has 0 aromatic carbocycles. The second kappa shape index (κ2) is 8.57.